The number of nitrogens with zero attached hydrogens (tertiary/aromatic N) is 1. The summed E-state index contributed by atoms with van der Waals surface area (Å²) in [4.78, 5) is 4.55. The Bertz CT molecular complexity index is 531. The summed E-state index contributed by atoms with van der Waals surface area (Å²) in [6.45, 7) is 3.14. The molecule has 0 fully saturated rings. The monoisotopic (exact) mass is 238 g/mol. The highest BCUT2D eigenvalue weighted by Gasteiger charge is 2.21. The van der Waals surface area contributed by atoms with Crippen LogP contribution < -0.4 is 5.32 Å². The van der Waals surface area contributed by atoms with E-state index in [9.17, 15) is 0 Å². The van der Waals surface area contributed by atoms with Crippen LogP contribution in [0.1, 0.15) is 35.3 Å². The molecule has 2 aromatic rings. The van der Waals surface area contributed by atoms with Gasteiger partial charge >= 0.3 is 0 Å². The van der Waals surface area contributed by atoms with Crippen molar-refractivity contribution < 1.29 is 0 Å². The summed E-state index contributed by atoms with van der Waals surface area (Å²) >= 11 is 0. The zero-order valence-electron chi connectivity index (χ0n) is 10.7. The van der Waals surface area contributed by atoms with E-state index in [0.717, 1.165) is 19.4 Å². The quantitative estimate of drug-likeness (QED) is 0.889. The number of benzene rings is 1. The average Bonchev–Trinajstić information content (AvgIpc) is 2.83. The summed E-state index contributed by atoms with van der Waals surface area (Å²) in [5.74, 6) is 0. The number of rotatable bonds is 3. The molecule has 2 heteroatoms. The van der Waals surface area contributed by atoms with E-state index in [4.69, 9.17) is 0 Å². The molecule has 0 saturated carbocycles. The molecular formula is C16H18N2. The standard InChI is InChI=1S/C16H18N2/c1-2-12-7-8-14(17-10-12)9-16-15-6-4-3-5-13(15)11-18-16/h3-8,10,16,18H,2,9,11H2,1H3. The highest BCUT2D eigenvalue weighted by molar-refractivity contribution is 5.34. The van der Waals surface area contributed by atoms with Gasteiger partial charge in [0.2, 0.25) is 0 Å². The van der Waals surface area contributed by atoms with Crippen molar-refractivity contribution in [3.8, 4) is 0 Å². The van der Waals surface area contributed by atoms with Crippen LogP contribution in [0.5, 0.6) is 0 Å². The van der Waals surface area contributed by atoms with E-state index in [1.807, 2.05) is 6.20 Å². The van der Waals surface area contributed by atoms with Gasteiger partial charge in [0.1, 0.15) is 0 Å². The first-order valence-corrected chi connectivity index (χ1v) is 6.62. The van der Waals surface area contributed by atoms with E-state index in [1.165, 1.54) is 22.4 Å². The molecule has 1 aliphatic heterocycles. The van der Waals surface area contributed by atoms with Crippen LogP contribution in [0.25, 0.3) is 0 Å². The predicted octanol–water partition coefficient (Wildman–Crippen LogP) is 3.03. The summed E-state index contributed by atoms with van der Waals surface area (Å²) in [6.07, 6.45) is 4.02. The van der Waals surface area contributed by atoms with Gasteiger partial charge in [-0.15, -0.1) is 0 Å². The second-order valence-corrected chi connectivity index (χ2v) is 4.85. The Morgan fingerprint density at radius 2 is 2.11 bits per heavy atom. The number of fused-ring (bicyclic) bond motifs is 1. The molecule has 2 heterocycles. The summed E-state index contributed by atoms with van der Waals surface area (Å²) in [5.41, 5.74) is 5.33. The fourth-order valence-corrected chi connectivity index (χ4v) is 2.55. The molecule has 3 rings (SSSR count). The molecule has 1 aromatic heterocycles. The summed E-state index contributed by atoms with van der Waals surface area (Å²) < 4.78 is 0. The van der Waals surface area contributed by atoms with Crippen molar-refractivity contribution >= 4 is 0 Å². The summed E-state index contributed by atoms with van der Waals surface area (Å²) in [6, 6.07) is 13.4. The van der Waals surface area contributed by atoms with Crippen molar-refractivity contribution in [3.05, 3.63) is 65.0 Å². The van der Waals surface area contributed by atoms with Gasteiger partial charge in [0.05, 0.1) is 0 Å². The molecular weight excluding hydrogens is 220 g/mol. The van der Waals surface area contributed by atoms with E-state index < -0.39 is 0 Å². The molecule has 2 nitrogen and oxygen atoms in total. The SMILES string of the molecule is CCc1ccc(CC2NCc3ccccc32)nc1. The molecule has 18 heavy (non-hydrogen) atoms. The minimum absolute atomic E-state index is 0.418. The highest BCUT2D eigenvalue weighted by Crippen LogP contribution is 2.27. The maximum atomic E-state index is 4.55. The fourth-order valence-electron chi connectivity index (χ4n) is 2.55. The number of hydrogen-bond acceptors (Lipinski definition) is 2. The maximum Gasteiger partial charge on any atom is 0.0422 e. The molecule has 1 aromatic carbocycles. The van der Waals surface area contributed by atoms with E-state index in [0.29, 0.717) is 6.04 Å². The minimum Gasteiger partial charge on any atom is -0.305 e. The van der Waals surface area contributed by atoms with Crippen LogP contribution in [0.15, 0.2) is 42.6 Å². The topological polar surface area (TPSA) is 24.9 Å². The van der Waals surface area contributed by atoms with Crippen molar-refractivity contribution in [2.45, 2.75) is 32.4 Å². The first kappa shape index (κ1) is 11.4. The van der Waals surface area contributed by atoms with Gasteiger partial charge in [0.25, 0.3) is 0 Å². The second-order valence-electron chi connectivity index (χ2n) is 4.85. The molecule has 1 aliphatic rings. The Morgan fingerprint density at radius 3 is 2.89 bits per heavy atom. The number of aromatic nitrogens is 1. The Hall–Kier alpha value is -1.67. The van der Waals surface area contributed by atoms with Gasteiger partial charge < -0.3 is 5.32 Å². The summed E-state index contributed by atoms with van der Waals surface area (Å²) in [7, 11) is 0. The first-order chi connectivity index (χ1) is 8.86. The van der Waals surface area contributed by atoms with Crippen molar-refractivity contribution in [3.63, 3.8) is 0 Å². The number of hydrogen-bond donors (Lipinski definition) is 1. The molecule has 0 bridgehead atoms. The molecule has 0 radical (unpaired) electrons. The molecule has 0 saturated heterocycles. The van der Waals surface area contributed by atoms with Crippen LogP contribution in [0.3, 0.4) is 0 Å². The lowest BCUT2D eigenvalue weighted by Gasteiger charge is -2.11. The average molecular weight is 238 g/mol. The lowest BCUT2D eigenvalue weighted by molar-refractivity contribution is 0.574. The second kappa shape index (κ2) is 4.91. The maximum absolute atomic E-state index is 4.55. The first-order valence-electron chi connectivity index (χ1n) is 6.62. The molecule has 1 unspecified atom stereocenters. The fraction of sp³-hybridized carbons (Fsp3) is 0.312. The third-order valence-corrected chi connectivity index (χ3v) is 3.68. The van der Waals surface area contributed by atoms with Crippen LogP contribution >= 0.6 is 0 Å². The Kier molecular flexibility index (Phi) is 3.11. The summed E-state index contributed by atoms with van der Waals surface area (Å²) in [5, 5.41) is 3.56. The van der Waals surface area contributed by atoms with Crippen LogP contribution in [-0.4, -0.2) is 4.98 Å². The van der Waals surface area contributed by atoms with Crippen LogP contribution in [0.4, 0.5) is 0 Å². The van der Waals surface area contributed by atoms with Crippen molar-refractivity contribution in [2.24, 2.45) is 0 Å². The number of nitrogens with one attached hydrogen (secondary N) is 1. The van der Waals surface area contributed by atoms with Gasteiger partial charge in [-0.05, 0) is 29.2 Å². The highest BCUT2D eigenvalue weighted by atomic mass is 14.9. The minimum atomic E-state index is 0.418. The molecule has 92 valence electrons. The van der Waals surface area contributed by atoms with Crippen molar-refractivity contribution in [2.75, 3.05) is 0 Å². The molecule has 0 aliphatic carbocycles. The van der Waals surface area contributed by atoms with Gasteiger partial charge in [0.15, 0.2) is 0 Å². The Balaban J connectivity index is 1.77. The third-order valence-electron chi connectivity index (χ3n) is 3.68. The lowest BCUT2D eigenvalue weighted by Crippen LogP contribution is -2.15. The number of pyridine rings is 1. The van der Waals surface area contributed by atoms with Crippen LogP contribution in [0, 0.1) is 0 Å². The van der Waals surface area contributed by atoms with Gasteiger partial charge in [-0.25, -0.2) is 0 Å². The van der Waals surface area contributed by atoms with Crippen molar-refractivity contribution in [1.82, 2.24) is 10.3 Å². The molecule has 0 amide bonds. The predicted molar refractivity (Wildman–Crippen MR) is 73.3 cm³/mol. The van der Waals surface area contributed by atoms with Gasteiger partial charge in [-0.2, -0.15) is 0 Å². The van der Waals surface area contributed by atoms with Gasteiger partial charge in [-0.3, -0.25) is 4.98 Å². The van der Waals surface area contributed by atoms with Crippen LogP contribution in [0.2, 0.25) is 0 Å². The van der Waals surface area contributed by atoms with Crippen molar-refractivity contribution in [1.29, 1.82) is 0 Å². The zero-order valence-corrected chi connectivity index (χ0v) is 10.7. The molecule has 0 spiro atoms. The largest absolute Gasteiger partial charge is 0.305 e. The third kappa shape index (κ3) is 2.16. The zero-order chi connectivity index (χ0) is 12.4. The number of aryl methyl sites for hydroxylation is 1. The smallest absolute Gasteiger partial charge is 0.0422 e. The van der Waals surface area contributed by atoms with Gasteiger partial charge in [0, 0.05) is 30.9 Å². The van der Waals surface area contributed by atoms with E-state index >= 15 is 0 Å². The van der Waals surface area contributed by atoms with Crippen LogP contribution in [-0.2, 0) is 19.4 Å². The van der Waals surface area contributed by atoms with E-state index in [1.54, 1.807) is 0 Å². The Morgan fingerprint density at radius 1 is 1.22 bits per heavy atom. The normalized spacial score (nSPS) is 17.7. The van der Waals surface area contributed by atoms with E-state index in [-0.39, 0.29) is 0 Å². The van der Waals surface area contributed by atoms with E-state index in [2.05, 4.69) is 53.6 Å². The Labute approximate surface area is 108 Å². The molecule has 1 atom stereocenters. The van der Waals surface area contributed by atoms with Gasteiger partial charge in [-0.1, -0.05) is 37.3 Å². The molecule has 1 N–H and O–H groups in total. The lowest BCUT2D eigenvalue weighted by atomic mass is 10.0.